The summed E-state index contributed by atoms with van der Waals surface area (Å²) in [6.07, 6.45) is 0. The third kappa shape index (κ3) is 3.51. The highest BCUT2D eigenvalue weighted by atomic mass is 35.5. The molecular weight excluding hydrogens is 362 g/mol. The number of rotatable bonds is 5. The van der Waals surface area contributed by atoms with Crippen molar-refractivity contribution >= 4 is 39.3 Å². The van der Waals surface area contributed by atoms with Gasteiger partial charge in [0, 0.05) is 22.3 Å². The lowest BCUT2D eigenvalue weighted by atomic mass is 10.1. The predicted octanol–water partition coefficient (Wildman–Crippen LogP) is 3.71. The van der Waals surface area contributed by atoms with Gasteiger partial charge in [-0.25, -0.2) is 13.7 Å². The van der Waals surface area contributed by atoms with Crippen molar-refractivity contribution in [1.29, 1.82) is 0 Å². The number of fused-ring (bicyclic) bond motifs is 1. The number of carbonyl (C=O) groups is 1. The average molecular weight is 376 g/mol. The lowest BCUT2D eigenvalue weighted by Gasteiger charge is -2.12. The van der Waals surface area contributed by atoms with Gasteiger partial charge < -0.3 is 10.2 Å². The van der Waals surface area contributed by atoms with E-state index in [1.807, 2.05) is 12.1 Å². The van der Waals surface area contributed by atoms with Crippen molar-refractivity contribution in [3.63, 3.8) is 0 Å². The van der Waals surface area contributed by atoms with E-state index in [1.54, 1.807) is 36.4 Å². The minimum absolute atomic E-state index is 0.254. The summed E-state index contributed by atoms with van der Waals surface area (Å²) in [5, 5.41) is 20.8. The van der Waals surface area contributed by atoms with Crippen LogP contribution in [0.5, 0.6) is 5.75 Å². The van der Waals surface area contributed by atoms with E-state index in [4.69, 9.17) is 11.6 Å². The van der Waals surface area contributed by atoms with Crippen LogP contribution in [0.3, 0.4) is 0 Å². The number of carboxylic acids is 1. The molecule has 0 bridgehead atoms. The van der Waals surface area contributed by atoms with Gasteiger partial charge in [-0.05, 0) is 17.7 Å². The number of halogens is 1. The number of aromatic hydroxyl groups is 1. The van der Waals surface area contributed by atoms with Crippen LogP contribution in [0.25, 0.3) is 10.8 Å². The Morgan fingerprint density at radius 1 is 1.08 bits per heavy atom. The normalized spacial score (nSPS) is 12.2. The fourth-order valence-corrected chi connectivity index (χ4v) is 3.75. The highest BCUT2D eigenvalue weighted by Crippen LogP contribution is 2.33. The van der Waals surface area contributed by atoms with Crippen molar-refractivity contribution in [3.8, 4) is 5.75 Å². The van der Waals surface area contributed by atoms with E-state index < -0.39 is 17.0 Å². The zero-order chi connectivity index (χ0) is 18.0. The van der Waals surface area contributed by atoms with Gasteiger partial charge >= 0.3 is 5.97 Å². The van der Waals surface area contributed by atoms with Gasteiger partial charge in [-0.1, -0.05) is 54.1 Å². The highest BCUT2D eigenvalue weighted by Gasteiger charge is 2.19. The Kier molecular flexibility index (Phi) is 5.03. The quantitative estimate of drug-likeness (QED) is 0.634. The molecule has 0 aliphatic heterocycles. The molecule has 0 aliphatic carbocycles. The van der Waals surface area contributed by atoms with E-state index in [0.29, 0.717) is 15.8 Å². The second-order valence-corrected chi connectivity index (χ2v) is 6.98. The van der Waals surface area contributed by atoms with E-state index in [1.165, 1.54) is 6.07 Å². The van der Waals surface area contributed by atoms with Crippen LogP contribution in [0.2, 0.25) is 5.02 Å². The average Bonchev–Trinajstić information content (AvgIpc) is 2.61. The van der Waals surface area contributed by atoms with Gasteiger partial charge in [0.15, 0.2) is 0 Å². The molecule has 7 heteroatoms. The first-order chi connectivity index (χ1) is 12.0. The van der Waals surface area contributed by atoms with Gasteiger partial charge in [0.05, 0.1) is 4.90 Å². The first-order valence-corrected chi connectivity index (χ1v) is 8.88. The summed E-state index contributed by atoms with van der Waals surface area (Å²) in [6, 6.07) is 15.1. The maximum Gasteiger partial charge on any atom is 0.339 e. The van der Waals surface area contributed by atoms with E-state index in [2.05, 4.69) is 4.72 Å². The molecule has 0 fully saturated rings. The third-order valence-electron chi connectivity index (χ3n) is 3.76. The number of hydrogen-bond donors (Lipinski definition) is 3. The molecule has 0 saturated heterocycles. The second kappa shape index (κ2) is 7.23. The summed E-state index contributed by atoms with van der Waals surface area (Å²) >= 11 is 6.09. The SMILES string of the molecule is O=C(O)c1cc(S(=O)NCc2ccccc2Cl)c2ccccc2c1O. The van der Waals surface area contributed by atoms with Gasteiger partial charge in [-0.2, -0.15) is 0 Å². The molecule has 3 aromatic carbocycles. The van der Waals surface area contributed by atoms with Crippen LogP contribution in [-0.2, 0) is 17.5 Å². The molecular formula is C18H14ClNO4S. The van der Waals surface area contributed by atoms with E-state index in [-0.39, 0.29) is 22.8 Å². The molecule has 1 unspecified atom stereocenters. The highest BCUT2D eigenvalue weighted by molar-refractivity contribution is 7.83. The predicted molar refractivity (Wildman–Crippen MR) is 97.3 cm³/mol. The molecule has 5 nitrogen and oxygen atoms in total. The largest absolute Gasteiger partial charge is 0.506 e. The van der Waals surface area contributed by atoms with Crippen LogP contribution in [0.4, 0.5) is 0 Å². The van der Waals surface area contributed by atoms with Gasteiger partial charge in [0.2, 0.25) is 0 Å². The molecule has 3 aromatic rings. The van der Waals surface area contributed by atoms with Gasteiger partial charge in [-0.15, -0.1) is 0 Å². The number of hydrogen-bond acceptors (Lipinski definition) is 3. The molecule has 3 N–H and O–H groups in total. The molecule has 128 valence electrons. The molecule has 0 amide bonds. The number of nitrogens with one attached hydrogen (secondary N) is 1. The van der Waals surface area contributed by atoms with Crippen LogP contribution in [0.15, 0.2) is 59.5 Å². The maximum absolute atomic E-state index is 12.7. The Morgan fingerprint density at radius 3 is 2.40 bits per heavy atom. The van der Waals surface area contributed by atoms with Crippen molar-refractivity contribution in [2.45, 2.75) is 11.4 Å². The zero-order valence-corrected chi connectivity index (χ0v) is 14.5. The van der Waals surface area contributed by atoms with Crippen LogP contribution in [0, 0.1) is 0 Å². The summed E-state index contributed by atoms with van der Waals surface area (Å²) in [4.78, 5) is 11.7. The van der Waals surface area contributed by atoms with Crippen LogP contribution >= 0.6 is 11.6 Å². The smallest absolute Gasteiger partial charge is 0.339 e. The first-order valence-electron chi connectivity index (χ1n) is 7.35. The molecule has 25 heavy (non-hydrogen) atoms. The van der Waals surface area contributed by atoms with Crippen LogP contribution in [-0.4, -0.2) is 20.4 Å². The summed E-state index contributed by atoms with van der Waals surface area (Å²) < 4.78 is 15.6. The minimum atomic E-state index is -1.68. The maximum atomic E-state index is 12.7. The monoisotopic (exact) mass is 375 g/mol. The van der Waals surface area contributed by atoms with Crippen molar-refractivity contribution in [2.24, 2.45) is 0 Å². The molecule has 0 aromatic heterocycles. The lowest BCUT2D eigenvalue weighted by Crippen LogP contribution is -2.18. The van der Waals surface area contributed by atoms with Crippen LogP contribution in [0.1, 0.15) is 15.9 Å². The topological polar surface area (TPSA) is 86.6 Å². The van der Waals surface area contributed by atoms with Gasteiger partial charge in [-0.3, -0.25) is 0 Å². The zero-order valence-electron chi connectivity index (χ0n) is 12.9. The Bertz CT molecular complexity index is 990. The van der Waals surface area contributed by atoms with Crippen LogP contribution < -0.4 is 4.72 Å². The summed E-state index contributed by atoms with van der Waals surface area (Å²) in [5.41, 5.74) is 0.487. The Labute approximate surface area is 151 Å². The fraction of sp³-hybridized carbons (Fsp3) is 0.0556. The molecule has 0 spiro atoms. The van der Waals surface area contributed by atoms with Crippen molar-refractivity contribution in [1.82, 2.24) is 4.72 Å². The fourth-order valence-electron chi connectivity index (χ4n) is 2.51. The summed E-state index contributed by atoms with van der Waals surface area (Å²) in [7, 11) is -1.68. The molecule has 1 atom stereocenters. The summed E-state index contributed by atoms with van der Waals surface area (Å²) in [6.45, 7) is 0.254. The van der Waals surface area contributed by atoms with E-state index in [0.717, 1.165) is 5.56 Å². The lowest BCUT2D eigenvalue weighted by molar-refractivity contribution is 0.0694. The Morgan fingerprint density at radius 2 is 1.72 bits per heavy atom. The van der Waals surface area contributed by atoms with E-state index in [9.17, 15) is 19.2 Å². The van der Waals surface area contributed by atoms with Crippen molar-refractivity contribution < 1.29 is 19.2 Å². The number of benzene rings is 3. The van der Waals surface area contributed by atoms with Gasteiger partial charge in [0.1, 0.15) is 22.3 Å². The molecule has 0 radical (unpaired) electrons. The standard InChI is InChI=1S/C18H14ClNO4S/c19-15-8-4-1-5-11(15)10-20-25(24)16-9-14(18(22)23)17(21)13-7-3-2-6-12(13)16/h1-9,20-21H,10H2,(H,22,23). The molecule has 0 heterocycles. The molecule has 0 aliphatic rings. The third-order valence-corrected chi connectivity index (χ3v) is 5.27. The molecule has 3 rings (SSSR count). The molecule has 0 saturated carbocycles. The number of phenols is 1. The minimum Gasteiger partial charge on any atom is -0.506 e. The first kappa shape index (κ1) is 17.4. The van der Waals surface area contributed by atoms with Gasteiger partial charge in [0.25, 0.3) is 0 Å². The summed E-state index contributed by atoms with van der Waals surface area (Å²) in [5.74, 6) is -1.62. The van der Waals surface area contributed by atoms with Crippen molar-refractivity contribution in [3.05, 3.63) is 70.7 Å². The second-order valence-electron chi connectivity index (χ2n) is 5.30. The van der Waals surface area contributed by atoms with E-state index >= 15 is 0 Å². The number of aromatic carboxylic acids is 1. The Balaban J connectivity index is 2.00. The number of carboxylic acid groups (broad SMARTS) is 1. The Hall–Kier alpha value is -2.41. The van der Waals surface area contributed by atoms with Crippen molar-refractivity contribution in [2.75, 3.05) is 0 Å².